The molecule has 0 heterocycles. The Morgan fingerprint density at radius 2 is 1.94 bits per heavy atom. The van der Waals surface area contributed by atoms with Crippen LogP contribution in [0.1, 0.15) is 26.2 Å². The fourth-order valence-corrected chi connectivity index (χ4v) is 1.15. The third-order valence-electron chi connectivity index (χ3n) is 1.95. The van der Waals surface area contributed by atoms with Gasteiger partial charge in [-0.3, -0.25) is 4.79 Å². The molecule has 0 rings (SSSR count). The van der Waals surface area contributed by atoms with Crippen LogP contribution in [0.15, 0.2) is 0 Å². The molecule has 5 heteroatoms. The van der Waals surface area contributed by atoms with Crippen LogP contribution >= 0.6 is 0 Å². The Labute approximate surface area is 97.7 Å². The quantitative estimate of drug-likeness (QED) is 0.502. The van der Waals surface area contributed by atoms with E-state index in [2.05, 4.69) is 5.32 Å². The second kappa shape index (κ2) is 12.4. The predicted octanol–water partition coefficient (Wildman–Crippen LogP) is 0.285. The van der Waals surface area contributed by atoms with Crippen LogP contribution in [-0.4, -0.2) is 45.4 Å². The van der Waals surface area contributed by atoms with E-state index in [0.717, 1.165) is 12.8 Å². The molecule has 0 aromatic heterocycles. The van der Waals surface area contributed by atoms with E-state index in [-0.39, 0.29) is 5.91 Å². The number of nitrogens with one attached hydrogen (secondary N) is 1. The van der Waals surface area contributed by atoms with Crippen molar-refractivity contribution in [2.75, 3.05) is 39.5 Å². The molecule has 0 spiro atoms. The number of carbonyl (C=O) groups is 1. The van der Waals surface area contributed by atoms with Gasteiger partial charge in [0.2, 0.25) is 5.91 Å². The van der Waals surface area contributed by atoms with Gasteiger partial charge in [0.1, 0.15) is 0 Å². The van der Waals surface area contributed by atoms with Gasteiger partial charge < -0.3 is 20.5 Å². The maximum Gasteiger partial charge on any atom is 0.220 e. The van der Waals surface area contributed by atoms with Crippen LogP contribution in [0.25, 0.3) is 0 Å². The first kappa shape index (κ1) is 15.3. The third kappa shape index (κ3) is 11.4. The number of rotatable bonds is 11. The average Bonchev–Trinajstić information content (AvgIpc) is 2.29. The molecule has 0 aliphatic rings. The summed E-state index contributed by atoms with van der Waals surface area (Å²) in [6.45, 7) is 5.76. The zero-order valence-corrected chi connectivity index (χ0v) is 10.2. The maximum absolute atomic E-state index is 11.3. The van der Waals surface area contributed by atoms with Gasteiger partial charge in [0, 0.05) is 39.3 Å². The van der Waals surface area contributed by atoms with Crippen molar-refractivity contribution in [1.29, 1.82) is 0 Å². The van der Waals surface area contributed by atoms with Gasteiger partial charge in [0.05, 0.1) is 6.61 Å². The second-order valence-electron chi connectivity index (χ2n) is 3.41. The van der Waals surface area contributed by atoms with Crippen LogP contribution in [-0.2, 0) is 14.3 Å². The number of ether oxygens (including phenoxy) is 2. The van der Waals surface area contributed by atoms with Crippen molar-refractivity contribution in [3.63, 3.8) is 0 Å². The van der Waals surface area contributed by atoms with E-state index in [1.54, 1.807) is 0 Å². The van der Waals surface area contributed by atoms with E-state index in [0.29, 0.717) is 45.9 Å². The Kier molecular flexibility index (Phi) is 11.9. The van der Waals surface area contributed by atoms with Crippen molar-refractivity contribution in [2.24, 2.45) is 5.73 Å². The van der Waals surface area contributed by atoms with E-state index in [4.69, 9.17) is 15.2 Å². The van der Waals surface area contributed by atoms with Gasteiger partial charge in [0.15, 0.2) is 0 Å². The molecule has 0 aliphatic carbocycles. The number of hydrogen-bond donors (Lipinski definition) is 2. The molecule has 3 N–H and O–H groups in total. The van der Waals surface area contributed by atoms with Crippen LogP contribution < -0.4 is 11.1 Å². The number of amides is 1. The minimum atomic E-state index is 0.0820. The highest BCUT2D eigenvalue weighted by molar-refractivity contribution is 5.75. The summed E-state index contributed by atoms with van der Waals surface area (Å²) >= 11 is 0. The minimum absolute atomic E-state index is 0.0820. The molecule has 0 radical (unpaired) electrons. The fraction of sp³-hybridized carbons (Fsp3) is 0.909. The highest BCUT2D eigenvalue weighted by atomic mass is 16.5. The van der Waals surface area contributed by atoms with Gasteiger partial charge >= 0.3 is 0 Å². The summed E-state index contributed by atoms with van der Waals surface area (Å²) in [6, 6.07) is 0. The van der Waals surface area contributed by atoms with Gasteiger partial charge in [0.25, 0.3) is 0 Å². The first-order valence-corrected chi connectivity index (χ1v) is 5.93. The SMILES string of the molecule is CCOCCCC(=O)NCCCOCCN. The van der Waals surface area contributed by atoms with Crippen molar-refractivity contribution in [1.82, 2.24) is 5.32 Å². The largest absolute Gasteiger partial charge is 0.382 e. The summed E-state index contributed by atoms with van der Waals surface area (Å²) in [7, 11) is 0. The van der Waals surface area contributed by atoms with E-state index in [1.807, 2.05) is 6.92 Å². The molecule has 96 valence electrons. The first-order valence-electron chi connectivity index (χ1n) is 5.93. The first-order chi connectivity index (χ1) is 7.81. The zero-order chi connectivity index (χ0) is 12.1. The lowest BCUT2D eigenvalue weighted by molar-refractivity contribution is -0.121. The molecule has 1 amide bonds. The molecule has 0 unspecified atom stereocenters. The van der Waals surface area contributed by atoms with Gasteiger partial charge in [-0.15, -0.1) is 0 Å². The van der Waals surface area contributed by atoms with Crippen molar-refractivity contribution in [3.8, 4) is 0 Å². The van der Waals surface area contributed by atoms with E-state index >= 15 is 0 Å². The summed E-state index contributed by atoms with van der Waals surface area (Å²) in [5, 5.41) is 2.83. The third-order valence-corrected chi connectivity index (χ3v) is 1.95. The van der Waals surface area contributed by atoms with Crippen LogP contribution in [0.5, 0.6) is 0 Å². The van der Waals surface area contributed by atoms with Crippen LogP contribution in [0.2, 0.25) is 0 Å². The molecule has 16 heavy (non-hydrogen) atoms. The monoisotopic (exact) mass is 232 g/mol. The van der Waals surface area contributed by atoms with Gasteiger partial charge in [-0.25, -0.2) is 0 Å². The lowest BCUT2D eigenvalue weighted by Gasteiger charge is -2.05. The molecular weight excluding hydrogens is 208 g/mol. The molecule has 0 bridgehead atoms. The van der Waals surface area contributed by atoms with Crippen molar-refractivity contribution >= 4 is 5.91 Å². The highest BCUT2D eigenvalue weighted by Crippen LogP contribution is 1.90. The summed E-state index contributed by atoms with van der Waals surface area (Å²) in [4.78, 5) is 11.3. The Bertz CT molecular complexity index is 165. The standard InChI is InChI=1S/C11H24N2O3/c1-2-15-8-3-5-11(14)13-7-4-9-16-10-6-12/h2-10,12H2,1H3,(H,13,14). The Balaban J connectivity index is 3.11. The molecule has 0 aromatic carbocycles. The van der Waals surface area contributed by atoms with E-state index in [1.165, 1.54) is 0 Å². The fourth-order valence-electron chi connectivity index (χ4n) is 1.15. The number of carbonyl (C=O) groups excluding carboxylic acids is 1. The van der Waals surface area contributed by atoms with E-state index in [9.17, 15) is 4.79 Å². The molecule has 0 aliphatic heterocycles. The Morgan fingerprint density at radius 3 is 2.62 bits per heavy atom. The Hall–Kier alpha value is -0.650. The van der Waals surface area contributed by atoms with Crippen molar-refractivity contribution < 1.29 is 14.3 Å². The molecule has 0 aromatic rings. The van der Waals surface area contributed by atoms with Crippen LogP contribution in [0, 0.1) is 0 Å². The van der Waals surface area contributed by atoms with Gasteiger partial charge in [-0.1, -0.05) is 0 Å². The second-order valence-corrected chi connectivity index (χ2v) is 3.41. The van der Waals surface area contributed by atoms with Crippen molar-refractivity contribution in [3.05, 3.63) is 0 Å². The Morgan fingerprint density at radius 1 is 1.19 bits per heavy atom. The topological polar surface area (TPSA) is 73.6 Å². The highest BCUT2D eigenvalue weighted by Gasteiger charge is 1.99. The number of hydrogen-bond acceptors (Lipinski definition) is 4. The summed E-state index contributed by atoms with van der Waals surface area (Å²) in [5.74, 6) is 0.0820. The summed E-state index contributed by atoms with van der Waals surface area (Å²) < 4.78 is 10.3. The average molecular weight is 232 g/mol. The molecule has 0 saturated heterocycles. The van der Waals surface area contributed by atoms with Gasteiger partial charge in [-0.2, -0.15) is 0 Å². The minimum Gasteiger partial charge on any atom is -0.382 e. The summed E-state index contributed by atoms with van der Waals surface area (Å²) in [6.07, 6.45) is 2.14. The zero-order valence-electron chi connectivity index (χ0n) is 10.2. The van der Waals surface area contributed by atoms with Crippen LogP contribution in [0.4, 0.5) is 0 Å². The van der Waals surface area contributed by atoms with E-state index < -0.39 is 0 Å². The lowest BCUT2D eigenvalue weighted by atomic mass is 10.3. The van der Waals surface area contributed by atoms with Crippen molar-refractivity contribution in [2.45, 2.75) is 26.2 Å². The predicted molar refractivity (Wildman–Crippen MR) is 63.2 cm³/mol. The lowest BCUT2D eigenvalue weighted by Crippen LogP contribution is -2.25. The summed E-state index contributed by atoms with van der Waals surface area (Å²) in [5.41, 5.74) is 5.26. The molecule has 0 atom stereocenters. The maximum atomic E-state index is 11.3. The van der Waals surface area contributed by atoms with Gasteiger partial charge in [-0.05, 0) is 19.8 Å². The molecule has 0 fully saturated rings. The van der Waals surface area contributed by atoms with Crippen LogP contribution in [0.3, 0.4) is 0 Å². The molecular formula is C11H24N2O3. The molecule has 5 nitrogen and oxygen atoms in total. The normalized spacial score (nSPS) is 10.4. The number of nitrogens with two attached hydrogens (primary N) is 1. The smallest absolute Gasteiger partial charge is 0.220 e. The molecule has 0 saturated carbocycles.